The Balaban J connectivity index is 1.40. The zero-order chi connectivity index (χ0) is 23.2. The van der Waals surface area contributed by atoms with Gasteiger partial charge >= 0.3 is 0 Å². The standard InChI is InChI=1S/C25H24N6O3/c1-28-23-20(12-26-28)24(32)30(13-17-8-10-34-15-17)16-31(25(23)33)19-7-9-29-14-21(27-22(29)11-19)18-5-3-2-4-6-18/h2-7,9,11-12,14,17H,8,10,13,15-16H2,1H3. The molecule has 2 aliphatic heterocycles. The Labute approximate surface area is 196 Å². The van der Waals surface area contributed by atoms with Crippen molar-refractivity contribution in [3.8, 4) is 11.3 Å². The number of aromatic nitrogens is 4. The first kappa shape index (κ1) is 20.6. The quantitative estimate of drug-likeness (QED) is 0.472. The van der Waals surface area contributed by atoms with E-state index >= 15 is 0 Å². The summed E-state index contributed by atoms with van der Waals surface area (Å²) in [5, 5.41) is 4.20. The van der Waals surface area contributed by atoms with E-state index in [0.29, 0.717) is 36.7 Å². The smallest absolute Gasteiger partial charge is 0.278 e. The molecule has 9 nitrogen and oxygen atoms in total. The number of imidazole rings is 1. The number of ether oxygens (including phenoxy) is 1. The SMILES string of the molecule is Cn1ncc2c1C(=O)N(c1ccn3cc(-c4ccccc4)nc3c1)CN(CC1CCOC1)C2=O. The maximum Gasteiger partial charge on any atom is 0.278 e. The monoisotopic (exact) mass is 456 g/mol. The number of hydrogen-bond donors (Lipinski definition) is 0. The summed E-state index contributed by atoms with van der Waals surface area (Å²) in [5.41, 5.74) is 3.91. The van der Waals surface area contributed by atoms with Gasteiger partial charge in [0, 0.05) is 50.1 Å². The van der Waals surface area contributed by atoms with Crippen LogP contribution < -0.4 is 4.90 Å². The number of amides is 2. The molecule has 1 unspecified atom stereocenters. The van der Waals surface area contributed by atoms with E-state index in [4.69, 9.17) is 9.72 Å². The number of hydrogen-bond acceptors (Lipinski definition) is 5. The van der Waals surface area contributed by atoms with Gasteiger partial charge in [-0.3, -0.25) is 19.2 Å². The van der Waals surface area contributed by atoms with Gasteiger partial charge in [0.15, 0.2) is 0 Å². The molecule has 0 bridgehead atoms. The Morgan fingerprint density at radius 2 is 1.97 bits per heavy atom. The maximum absolute atomic E-state index is 13.6. The molecular weight excluding hydrogens is 432 g/mol. The van der Waals surface area contributed by atoms with Crippen LogP contribution in [0.4, 0.5) is 5.69 Å². The number of carbonyl (C=O) groups is 2. The van der Waals surface area contributed by atoms with E-state index in [9.17, 15) is 9.59 Å². The summed E-state index contributed by atoms with van der Waals surface area (Å²) in [4.78, 5) is 35.1. The minimum Gasteiger partial charge on any atom is -0.381 e. The van der Waals surface area contributed by atoms with Gasteiger partial charge in [0.05, 0.1) is 29.7 Å². The van der Waals surface area contributed by atoms with Crippen LogP contribution in [0, 0.1) is 5.92 Å². The van der Waals surface area contributed by atoms with Crippen LogP contribution in [-0.2, 0) is 11.8 Å². The zero-order valence-electron chi connectivity index (χ0n) is 18.8. The number of carbonyl (C=O) groups excluding carboxylic acids is 2. The average molecular weight is 457 g/mol. The maximum atomic E-state index is 13.6. The van der Waals surface area contributed by atoms with Gasteiger partial charge in [0.1, 0.15) is 18.0 Å². The molecule has 2 amide bonds. The summed E-state index contributed by atoms with van der Waals surface area (Å²) in [5.74, 6) is -0.186. The van der Waals surface area contributed by atoms with Crippen molar-refractivity contribution in [1.29, 1.82) is 0 Å². The molecule has 0 N–H and O–H groups in total. The van der Waals surface area contributed by atoms with Crippen LogP contribution in [0.5, 0.6) is 0 Å². The summed E-state index contributed by atoms with van der Waals surface area (Å²) in [6.07, 6.45) is 6.25. The number of pyridine rings is 1. The number of fused-ring (bicyclic) bond motifs is 2. The van der Waals surface area contributed by atoms with E-state index in [1.165, 1.54) is 10.9 Å². The van der Waals surface area contributed by atoms with Crippen LogP contribution in [0.25, 0.3) is 16.9 Å². The highest BCUT2D eigenvalue weighted by Crippen LogP contribution is 2.28. The number of nitrogens with zero attached hydrogens (tertiary/aromatic N) is 6. The van der Waals surface area contributed by atoms with E-state index in [0.717, 1.165) is 23.3 Å². The zero-order valence-corrected chi connectivity index (χ0v) is 18.8. The fourth-order valence-electron chi connectivity index (χ4n) is 4.71. The summed E-state index contributed by atoms with van der Waals surface area (Å²) >= 11 is 0. The van der Waals surface area contributed by atoms with Crippen molar-refractivity contribution < 1.29 is 14.3 Å². The first-order valence-electron chi connectivity index (χ1n) is 11.3. The van der Waals surface area contributed by atoms with Crippen molar-refractivity contribution in [2.75, 3.05) is 31.3 Å². The van der Waals surface area contributed by atoms with Gasteiger partial charge in [-0.2, -0.15) is 5.10 Å². The van der Waals surface area contributed by atoms with E-state index in [2.05, 4.69) is 5.10 Å². The molecule has 4 aromatic rings. The van der Waals surface area contributed by atoms with Crippen LogP contribution in [0.15, 0.2) is 61.1 Å². The topological polar surface area (TPSA) is 85.0 Å². The van der Waals surface area contributed by atoms with Gasteiger partial charge in [0.25, 0.3) is 11.8 Å². The second-order valence-electron chi connectivity index (χ2n) is 8.80. The number of rotatable bonds is 4. The molecule has 6 rings (SSSR count). The molecule has 3 aromatic heterocycles. The second kappa shape index (κ2) is 8.11. The van der Waals surface area contributed by atoms with E-state index in [1.807, 2.05) is 59.3 Å². The molecule has 0 aliphatic carbocycles. The van der Waals surface area contributed by atoms with Gasteiger partial charge in [-0.15, -0.1) is 0 Å². The number of anilines is 1. The van der Waals surface area contributed by atoms with Gasteiger partial charge in [0.2, 0.25) is 0 Å². The molecule has 1 fully saturated rings. The molecule has 0 spiro atoms. The van der Waals surface area contributed by atoms with Crippen LogP contribution in [-0.4, -0.2) is 62.3 Å². The highest BCUT2D eigenvalue weighted by molar-refractivity contribution is 6.14. The van der Waals surface area contributed by atoms with Crippen LogP contribution >= 0.6 is 0 Å². The summed E-state index contributed by atoms with van der Waals surface area (Å²) in [7, 11) is 1.69. The Hall–Kier alpha value is -3.98. The van der Waals surface area contributed by atoms with Crippen molar-refractivity contribution in [3.05, 3.63) is 72.3 Å². The molecule has 9 heteroatoms. The van der Waals surface area contributed by atoms with E-state index in [-0.39, 0.29) is 24.4 Å². The molecule has 0 radical (unpaired) electrons. The lowest BCUT2D eigenvalue weighted by molar-refractivity contribution is 0.0724. The van der Waals surface area contributed by atoms with Crippen LogP contribution in [0.3, 0.4) is 0 Å². The van der Waals surface area contributed by atoms with Crippen molar-refractivity contribution in [1.82, 2.24) is 24.1 Å². The lowest BCUT2D eigenvalue weighted by Gasteiger charge is -2.29. The van der Waals surface area contributed by atoms with E-state index in [1.54, 1.807) is 16.8 Å². The number of aryl methyl sites for hydroxylation is 1. The molecular formula is C25H24N6O3. The van der Waals surface area contributed by atoms with E-state index < -0.39 is 0 Å². The summed E-state index contributed by atoms with van der Waals surface area (Å²) in [6.45, 7) is 2.01. The normalized spacial score (nSPS) is 18.6. The molecule has 0 saturated carbocycles. The summed E-state index contributed by atoms with van der Waals surface area (Å²) in [6, 6.07) is 13.7. The Kier molecular flexibility index (Phi) is 4.91. The van der Waals surface area contributed by atoms with Crippen molar-refractivity contribution >= 4 is 23.1 Å². The third-order valence-electron chi connectivity index (χ3n) is 6.54. The average Bonchev–Trinajstić information content (AvgIpc) is 3.59. The van der Waals surface area contributed by atoms with Crippen LogP contribution in [0.2, 0.25) is 0 Å². The van der Waals surface area contributed by atoms with Crippen molar-refractivity contribution in [2.24, 2.45) is 13.0 Å². The van der Waals surface area contributed by atoms with Crippen LogP contribution in [0.1, 0.15) is 27.3 Å². The highest BCUT2D eigenvalue weighted by Gasteiger charge is 2.36. The Morgan fingerprint density at radius 3 is 2.76 bits per heavy atom. The minimum atomic E-state index is -0.257. The van der Waals surface area contributed by atoms with Gasteiger partial charge in [-0.05, 0) is 12.5 Å². The highest BCUT2D eigenvalue weighted by atomic mass is 16.5. The third-order valence-corrected chi connectivity index (χ3v) is 6.54. The van der Waals surface area contributed by atoms with Crippen molar-refractivity contribution in [3.63, 3.8) is 0 Å². The molecule has 2 aliphatic rings. The third kappa shape index (κ3) is 3.45. The lowest BCUT2D eigenvalue weighted by atomic mass is 10.1. The van der Waals surface area contributed by atoms with Crippen molar-refractivity contribution in [2.45, 2.75) is 6.42 Å². The fourth-order valence-corrected chi connectivity index (χ4v) is 4.71. The molecule has 1 atom stereocenters. The largest absolute Gasteiger partial charge is 0.381 e. The molecule has 34 heavy (non-hydrogen) atoms. The predicted molar refractivity (Wildman–Crippen MR) is 125 cm³/mol. The summed E-state index contributed by atoms with van der Waals surface area (Å²) < 4.78 is 8.92. The second-order valence-corrected chi connectivity index (χ2v) is 8.80. The van der Waals surface area contributed by atoms with Gasteiger partial charge < -0.3 is 14.0 Å². The molecule has 172 valence electrons. The fraction of sp³-hybridized carbons (Fsp3) is 0.280. The molecule has 1 aromatic carbocycles. The minimum absolute atomic E-state index is 0.158. The first-order chi connectivity index (χ1) is 16.6. The molecule has 1 saturated heterocycles. The predicted octanol–water partition coefficient (Wildman–Crippen LogP) is 2.83. The number of benzene rings is 1. The lowest BCUT2D eigenvalue weighted by Crippen LogP contribution is -2.44. The van der Waals surface area contributed by atoms with Gasteiger partial charge in [-0.25, -0.2) is 4.98 Å². The molecule has 5 heterocycles. The Morgan fingerprint density at radius 1 is 1.12 bits per heavy atom. The first-order valence-corrected chi connectivity index (χ1v) is 11.3. The Bertz CT molecular complexity index is 1390. The van der Waals surface area contributed by atoms with Gasteiger partial charge in [-0.1, -0.05) is 30.3 Å².